The van der Waals surface area contributed by atoms with Gasteiger partial charge in [0, 0.05) is 16.3 Å². The summed E-state index contributed by atoms with van der Waals surface area (Å²) in [5, 5.41) is 13.0. The van der Waals surface area contributed by atoms with Gasteiger partial charge in [0.15, 0.2) is 0 Å². The van der Waals surface area contributed by atoms with Crippen LogP contribution in [0.5, 0.6) is 0 Å². The highest BCUT2D eigenvalue weighted by molar-refractivity contribution is 6.31. The van der Waals surface area contributed by atoms with Crippen LogP contribution in [-0.4, -0.2) is 0 Å². The number of anilines is 1. The van der Waals surface area contributed by atoms with Gasteiger partial charge in [-0.05, 0) is 30.7 Å². The van der Waals surface area contributed by atoms with Crippen molar-refractivity contribution < 1.29 is 0 Å². The Kier molecular flexibility index (Phi) is 3.86. The lowest BCUT2D eigenvalue weighted by atomic mass is 10.1. The number of halogens is 1. The predicted octanol–water partition coefficient (Wildman–Crippen LogP) is 4.33. The van der Waals surface area contributed by atoms with E-state index in [2.05, 4.69) is 11.4 Å². The van der Waals surface area contributed by atoms with Gasteiger partial charge in [-0.1, -0.05) is 41.9 Å². The van der Waals surface area contributed by atoms with Gasteiger partial charge in [-0.25, -0.2) is 0 Å². The van der Waals surface area contributed by atoms with E-state index in [9.17, 15) is 5.26 Å². The number of nitriles is 1. The lowest BCUT2D eigenvalue weighted by Crippen LogP contribution is -2.09. The van der Waals surface area contributed by atoms with Crippen LogP contribution in [0.2, 0.25) is 5.02 Å². The fourth-order valence-corrected chi connectivity index (χ4v) is 2.04. The van der Waals surface area contributed by atoms with E-state index in [0.29, 0.717) is 5.02 Å². The maximum absolute atomic E-state index is 9.26. The Labute approximate surface area is 112 Å². The maximum Gasteiger partial charge on any atom is 0.141 e. The molecule has 2 aromatic rings. The fraction of sp³-hybridized carbons (Fsp3) is 0.133. The number of hydrogen-bond acceptors (Lipinski definition) is 2. The summed E-state index contributed by atoms with van der Waals surface area (Å²) in [6.45, 7) is 2.02. The molecule has 0 aliphatic rings. The van der Waals surface area contributed by atoms with Gasteiger partial charge < -0.3 is 5.32 Å². The van der Waals surface area contributed by atoms with Gasteiger partial charge >= 0.3 is 0 Å². The molecule has 0 bridgehead atoms. The Morgan fingerprint density at radius 2 is 1.94 bits per heavy atom. The van der Waals surface area contributed by atoms with Crippen LogP contribution in [0.25, 0.3) is 0 Å². The molecule has 3 heteroatoms. The van der Waals surface area contributed by atoms with Gasteiger partial charge in [0.05, 0.1) is 6.07 Å². The molecule has 1 atom stereocenters. The van der Waals surface area contributed by atoms with Crippen LogP contribution in [0.1, 0.15) is 17.2 Å². The molecule has 2 aromatic carbocycles. The summed E-state index contributed by atoms with van der Waals surface area (Å²) < 4.78 is 0. The molecule has 0 spiro atoms. The third kappa shape index (κ3) is 2.82. The van der Waals surface area contributed by atoms with E-state index in [1.54, 1.807) is 6.07 Å². The molecule has 2 nitrogen and oxygen atoms in total. The molecular formula is C15H13ClN2. The van der Waals surface area contributed by atoms with Gasteiger partial charge in [-0.3, -0.25) is 0 Å². The second kappa shape index (κ2) is 5.57. The first-order valence-electron chi connectivity index (χ1n) is 5.68. The summed E-state index contributed by atoms with van der Waals surface area (Å²) in [7, 11) is 0. The van der Waals surface area contributed by atoms with E-state index in [0.717, 1.165) is 16.8 Å². The molecule has 1 unspecified atom stereocenters. The first-order valence-corrected chi connectivity index (χ1v) is 6.06. The molecule has 0 aliphatic carbocycles. The van der Waals surface area contributed by atoms with Crippen LogP contribution in [0.3, 0.4) is 0 Å². The first-order chi connectivity index (χ1) is 8.70. The van der Waals surface area contributed by atoms with E-state index in [4.69, 9.17) is 11.6 Å². The summed E-state index contributed by atoms with van der Waals surface area (Å²) in [5.41, 5.74) is 2.86. The number of benzene rings is 2. The Morgan fingerprint density at radius 3 is 2.61 bits per heavy atom. The fourth-order valence-electron chi connectivity index (χ4n) is 1.79. The lowest BCUT2D eigenvalue weighted by molar-refractivity contribution is 0.997. The second-order valence-electron chi connectivity index (χ2n) is 4.10. The average Bonchev–Trinajstić information content (AvgIpc) is 2.37. The largest absolute Gasteiger partial charge is 0.366 e. The van der Waals surface area contributed by atoms with Crippen LogP contribution < -0.4 is 5.32 Å². The quantitative estimate of drug-likeness (QED) is 0.887. The van der Waals surface area contributed by atoms with Gasteiger partial charge in [0.25, 0.3) is 0 Å². The second-order valence-corrected chi connectivity index (χ2v) is 4.50. The summed E-state index contributed by atoms with van der Waals surface area (Å²) >= 11 is 6.10. The van der Waals surface area contributed by atoms with Crippen molar-refractivity contribution in [3.8, 4) is 6.07 Å². The highest BCUT2D eigenvalue weighted by Gasteiger charge is 2.13. The van der Waals surface area contributed by atoms with E-state index in [1.807, 2.05) is 49.4 Å². The number of nitrogens with zero attached hydrogens (tertiary/aromatic N) is 1. The third-order valence-corrected chi connectivity index (χ3v) is 3.02. The number of rotatable bonds is 3. The molecule has 0 fully saturated rings. The molecule has 0 heterocycles. The minimum atomic E-state index is -0.444. The topological polar surface area (TPSA) is 35.8 Å². The molecule has 2 rings (SSSR count). The standard InChI is InChI=1S/C15H13ClN2/c1-11-5-4-6-12(9-11)18-15(10-17)13-7-2-3-8-14(13)16/h2-9,15,18H,1H3. The van der Waals surface area contributed by atoms with Crippen LogP contribution in [0.15, 0.2) is 48.5 Å². The SMILES string of the molecule is Cc1cccc(NC(C#N)c2ccccc2Cl)c1. The number of hydrogen-bond donors (Lipinski definition) is 1. The Balaban J connectivity index is 2.26. The van der Waals surface area contributed by atoms with Gasteiger partial charge in [0.2, 0.25) is 0 Å². The molecule has 0 aliphatic heterocycles. The van der Waals surface area contributed by atoms with Gasteiger partial charge in [-0.2, -0.15) is 5.26 Å². The molecule has 0 aromatic heterocycles. The van der Waals surface area contributed by atoms with Gasteiger partial charge in [0.1, 0.15) is 6.04 Å². The summed E-state index contributed by atoms with van der Waals surface area (Å²) in [6.07, 6.45) is 0. The molecular weight excluding hydrogens is 244 g/mol. The van der Waals surface area contributed by atoms with E-state index in [-0.39, 0.29) is 0 Å². The van der Waals surface area contributed by atoms with E-state index in [1.165, 1.54) is 0 Å². The van der Waals surface area contributed by atoms with E-state index < -0.39 is 6.04 Å². The number of aryl methyl sites for hydroxylation is 1. The Hall–Kier alpha value is -1.98. The molecule has 90 valence electrons. The Bertz CT molecular complexity index is 587. The molecule has 0 saturated heterocycles. The van der Waals surface area contributed by atoms with Crippen molar-refractivity contribution in [2.24, 2.45) is 0 Å². The molecule has 18 heavy (non-hydrogen) atoms. The molecule has 0 saturated carbocycles. The smallest absolute Gasteiger partial charge is 0.141 e. The van der Waals surface area contributed by atoms with Crippen LogP contribution in [-0.2, 0) is 0 Å². The predicted molar refractivity (Wildman–Crippen MR) is 74.6 cm³/mol. The highest BCUT2D eigenvalue weighted by atomic mass is 35.5. The van der Waals surface area contributed by atoms with Crippen molar-refractivity contribution in [3.05, 3.63) is 64.7 Å². The van der Waals surface area contributed by atoms with Crippen molar-refractivity contribution in [2.75, 3.05) is 5.32 Å². The third-order valence-electron chi connectivity index (χ3n) is 2.67. The molecule has 0 amide bonds. The Morgan fingerprint density at radius 1 is 1.17 bits per heavy atom. The van der Waals surface area contributed by atoms with Crippen molar-refractivity contribution in [3.63, 3.8) is 0 Å². The number of nitrogens with one attached hydrogen (secondary N) is 1. The van der Waals surface area contributed by atoms with Crippen molar-refractivity contribution in [1.82, 2.24) is 0 Å². The summed E-state index contributed by atoms with van der Waals surface area (Å²) in [4.78, 5) is 0. The monoisotopic (exact) mass is 256 g/mol. The maximum atomic E-state index is 9.26. The van der Waals surface area contributed by atoms with Crippen LogP contribution >= 0.6 is 11.6 Å². The average molecular weight is 257 g/mol. The zero-order valence-electron chi connectivity index (χ0n) is 10.0. The zero-order chi connectivity index (χ0) is 13.0. The van der Waals surface area contributed by atoms with E-state index >= 15 is 0 Å². The first kappa shape index (κ1) is 12.5. The normalized spacial score (nSPS) is 11.6. The molecule has 1 N–H and O–H groups in total. The highest BCUT2D eigenvalue weighted by Crippen LogP contribution is 2.25. The van der Waals surface area contributed by atoms with Crippen molar-refractivity contribution >= 4 is 17.3 Å². The minimum absolute atomic E-state index is 0.444. The molecule has 0 radical (unpaired) electrons. The van der Waals surface area contributed by atoms with Crippen LogP contribution in [0, 0.1) is 18.3 Å². The van der Waals surface area contributed by atoms with Crippen LogP contribution in [0.4, 0.5) is 5.69 Å². The van der Waals surface area contributed by atoms with Gasteiger partial charge in [-0.15, -0.1) is 0 Å². The minimum Gasteiger partial charge on any atom is -0.366 e. The summed E-state index contributed by atoms with van der Waals surface area (Å²) in [6, 6.07) is 17.1. The summed E-state index contributed by atoms with van der Waals surface area (Å²) in [5.74, 6) is 0. The van der Waals surface area contributed by atoms with Crippen molar-refractivity contribution in [2.45, 2.75) is 13.0 Å². The van der Waals surface area contributed by atoms with Crippen molar-refractivity contribution in [1.29, 1.82) is 5.26 Å². The lowest BCUT2D eigenvalue weighted by Gasteiger charge is -2.14. The zero-order valence-corrected chi connectivity index (χ0v) is 10.8.